The highest BCUT2D eigenvalue weighted by Crippen LogP contribution is 2.20. The van der Waals surface area contributed by atoms with E-state index in [1.165, 1.54) is 24.9 Å². The van der Waals surface area contributed by atoms with Gasteiger partial charge in [-0.15, -0.1) is 0 Å². The van der Waals surface area contributed by atoms with Crippen molar-refractivity contribution in [1.29, 1.82) is 0 Å². The van der Waals surface area contributed by atoms with Crippen molar-refractivity contribution in [1.82, 2.24) is 24.6 Å². The lowest BCUT2D eigenvalue weighted by molar-refractivity contribution is 0.0933. The SMILES string of the molecule is CN(C)CCn1nc2n(c1=O)CCC(NC(=O)c1ccc(N3CCCCC3)cc1)CC2. The van der Waals surface area contributed by atoms with E-state index < -0.39 is 0 Å². The van der Waals surface area contributed by atoms with Gasteiger partial charge < -0.3 is 15.1 Å². The molecule has 1 unspecified atom stereocenters. The first kappa shape index (κ1) is 21.6. The van der Waals surface area contributed by atoms with Crippen LogP contribution in [0.25, 0.3) is 0 Å². The zero-order valence-corrected chi connectivity index (χ0v) is 18.7. The maximum atomic E-state index is 12.8. The maximum absolute atomic E-state index is 12.8. The number of hydrogen-bond acceptors (Lipinski definition) is 5. The van der Waals surface area contributed by atoms with Gasteiger partial charge in [0.25, 0.3) is 5.91 Å². The lowest BCUT2D eigenvalue weighted by Crippen LogP contribution is -2.36. The van der Waals surface area contributed by atoms with Gasteiger partial charge in [0.2, 0.25) is 0 Å². The molecule has 8 heteroatoms. The molecule has 1 N–H and O–H groups in total. The Labute approximate surface area is 183 Å². The Morgan fingerprint density at radius 3 is 2.55 bits per heavy atom. The van der Waals surface area contributed by atoms with Crippen LogP contribution in [0.15, 0.2) is 29.1 Å². The van der Waals surface area contributed by atoms with Gasteiger partial charge in [0.1, 0.15) is 5.82 Å². The minimum absolute atomic E-state index is 0.0434. The molecule has 8 nitrogen and oxygen atoms in total. The fraction of sp³-hybridized carbons (Fsp3) is 0.609. The van der Waals surface area contributed by atoms with Crippen molar-refractivity contribution < 1.29 is 4.79 Å². The van der Waals surface area contributed by atoms with Gasteiger partial charge in [0.05, 0.1) is 6.54 Å². The van der Waals surface area contributed by atoms with Crippen LogP contribution in [0.3, 0.4) is 0 Å². The van der Waals surface area contributed by atoms with Crippen LogP contribution in [0, 0.1) is 0 Å². The molecular weight excluding hydrogens is 392 g/mol. The smallest absolute Gasteiger partial charge is 0.345 e. The fourth-order valence-electron chi connectivity index (χ4n) is 4.46. The van der Waals surface area contributed by atoms with Crippen LogP contribution in [0.4, 0.5) is 5.69 Å². The lowest BCUT2D eigenvalue weighted by atomic mass is 10.1. The highest BCUT2D eigenvalue weighted by atomic mass is 16.2. The molecule has 0 spiro atoms. The normalized spacial score (nSPS) is 19.2. The molecule has 0 radical (unpaired) electrons. The Kier molecular flexibility index (Phi) is 6.75. The summed E-state index contributed by atoms with van der Waals surface area (Å²) in [5.41, 5.74) is 1.84. The van der Waals surface area contributed by atoms with Crippen LogP contribution in [-0.2, 0) is 19.5 Å². The molecule has 1 saturated heterocycles. The number of aryl methyl sites for hydroxylation is 1. The van der Waals surface area contributed by atoms with Gasteiger partial charge >= 0.3 is 5.69 Å². The van der Waals surface area contributed by atoms with Gasteiger partial charge in [-0.25, -0.2) is 9.48 Å². The Morgan fingerprint density at radius 1 is 1.10 bits per heavy atom. The van der Waals surface area contributed by atoms with Crippen molar-refractivity contribution in [3.05, 3.63) is 46.1 Å². The number of carbonyl (C=O) groups is 1. The molecule has 2 aromatic rings. The summed E-state index contributed by atoms with van der Waals surface area (Å²) in [5.74, 6) is 0.782. The molecule has 1 atom stereocenters. The number of rotatable bonds is 6. The van der Waals surface area contributed by atoms with Gasteiger partial charge in [-0.2, -0.15) is 5.10 Å². The highest BCUT2D eigenvalue weighted by Gasteiger charge is 2.22. The molecule has 1 amide bonds. The second kappa shape index (κ2) is 9.68. The predicted octanol–water partition coefficient (Wildman–Crippen LogP) is 1.73. The Balaban J connectivity index is 1.33. The van der Waals surface area contributed by atoms with E-state index in [0.717, 1.165) is 38.3 Å². The number of likely N-dealkylation sites (N-methyl/N-ethyl adjacent to an activating group) is 1. The number of fused-ring (bicyclic) bond motifs is 1. The highest BCUT2D eigenvalue weighted by molar-refractivity contribution is 5.94. The Bertz CT molecular complexity index is 940. The third kappa shape index (κ3) is 5.18. The van der Waals surface area contributed by atoms with Gasteiger partial charge in [0, 0.05) is 49.9 Å². The average molecular weight is 427 g/mol. The predicted molar refractivity (Wildman–Crippen MR) is 122 cm³/mol. The van der Waals surface area contributed by atoms with Gasteiger partial charge in [-0.05, 0) is 70.5 Å². The summed E-state index contributed by atoms with van der Waals surface area (Å²) < 4.78 is 3.34. The maximum Gasteiger partial charge on any atom is 0.345 e. The van der Waals surface area contributed by atoms with Crippen molar-refractivity contribution in [2.75, 3.05) is 38.6 Å². The molecular formula is C23H34N6O2. The zero-order valence-electron chi connectivity index (χ0n) is 18.7. The third-order valence-corrected chi connectivity index (χ3v) is 6.36. The van der Waals surface area contributed by atoms with E-state index in [4.69, 9.17) is 0 Å². The van der Waals surface area contributed by atoms with Crippen molar-refractivity contribution in [2.45, 2.75) is 57.7 Å². The van der Waals surface area contributed by atoms with E-state index in [1.54, 1.807) is 9.25 Å². The number of anilines is 1. The first-order valence-electron chi connectivity index (χ1n) is 11.5. The molecule has 31 heavy (non-hydrogen) atoms. The molecule has 1 aromatic heterocycles. The summed E-state index contributed by atoms with van der Waals surface area (Å²) in [6.07, 6.45) is 6.01. The molecule has 1 fully saturated rings. The van der Waals surface area contributed by atoms with E-state index in [0.29, 0.717) is 25.1 Å². The van der Waals surface area contributed by atoms with Gasteiger partial charge in [-0.1, -0.05) is 0 Å². The quantitative estimate of drug-likeness (QED) is 0.762. The number of nitrogens with zero attached hydrogens (tertiary/aromatic N) is 5. The molecule has 2 aliphatic rings. The third-order valence-electron chi connectivity index (χ3n) is 6.36. The second-order valence-corrected chi connectivity index (χ2v) is 8.97. The van der Waals surface area contributed by atoms with Crippen LogP contribution >= 0.6 is 0 Å². The minimum atomic E-state index is -0.0443. The van der Waals surface area contributed by atoms with Crippen LogP contribution < -0.4 is 15.9 Å². The van der Waals surface area contributed by atoms with E-state index in [-0.39, 0.29) is 17.6 Å². The number of hydrogen-bond donors (Lipinski definition) is 1. The second-order valence-electron chi connectivity index (χ2n) is 8.97. The number of amides is 1. The van der Waals surface area contributed by atoms with E-state index in [2.05, 4.69) is 27.4 Å². The Hall–Kier alpha value is -2.61. The fourth-order valence-corrected chi connectivity index (χ4v) is 4.46. The van der Waals surface area contributed by atoms with Crippen molar-refractivity contribution in [3.63, 3.8) is 0 Å². The summed E-state index contributed by atoms with van der Waals surface area (Å²) in [6.45, 7) is 4.17. The van der Waals surface area contributed by atoms with Gasteiger partial charge in [0.15, 0.2) is 0 Å². The molecule has 1 aromatic carbocycles. The largest absolute Gasteiger partial charge is 0.372 e. The molecule has 0 bridgehead atoms. The van der Waals surface area contributed by atoms with E-state index in [1.807, 2.05) is 31.1 Å². The molecule has 0 saturated carbocycles. The van der Waals surface area contributed by atoms with Crippen molar-refractivity contribution >= 4 is 11.6 Å². The first-order valence-corrected chi connectivity index (χ1v) is 11.5. The Morgan fingerprint density at radius 2 is 1.84 bits per heavy atom. The number of nitrogens with one attached hydrogen (secondary N) is 1. The number of carbonyl (C=O) groups excluding carboxylic acids is 1. The van der Waals surface area contributed by atoms with E-state index >= 15 is 0 Å². The van der Waals surface area contributed by atoms with Crippen LogP contribution in [0.2, 0.25) is 0 Å². The number of benzene rings is 1. The summed E-state index contributed by atoms with van der Waals surface area (Å²) in [7, 11) is 3.97. The van der Waals surface area contributed by atoms with Gasteiger partial charge in [-0.3, -0.25) is 9.36 Å². The molecule has 4 rings (SSSR count). The summed E-state index contributed by atoms with van der Waals surface area (Å²) >= 11 is 0. The van der Waals surface area contributed by atoms with Crippen LogP contribution in [-0.4, -0.2) is 64.9 Å². The monoisotopic (exact) mass is 426 g/mol. The summed E-state index contributed by atoms with van der Waals surface area (Å²) in [4.78, 5) is 29.9. The van der Waals surface area contributed by atoms with Crippen LogP contribution in [0.5, 0.6) is 0 Å². The summed E-state index contributed by atoms with van der Waals surface area (Å²) in [6, 6.07) is 8.00. The standard InChI is InChI=1S/C23H34N6O2/c1-26(2)16-17-29-23(31)28-15-12-19(8-11-21(28)25-29)24-22(30)18-6-9-20(10-7-18)27-13-4-3-5-14-27/h6-7,9-10,19H,3-5,8,11-17H2,1-2H3,(H,24,30). The lowest BCUT2D eigenvalue weighted by Gasteiger charge is -2.28. The topological polar surface area (TPSA) is 75.4 Å². The van der Waals surface area contributed by atoms with Crippen LogP contribution in [0.1, 0.15) is 48.3 Å². The zero-order chi connectivity index (χ0) is 21.8. The minimum Gasteiger partial charge on any atom is -0.372 e. The number of aromatic nitrogens is 3. The molecule has 2 aliphatic heterocycles. The molecule has 0 aliphatic carbocycles. The average Bonchev–Trinajstić information content (AvgIpc) is 2.95. The molecule has 168 valence electrons. The van der Waals surface area contributed by atoms with Crippen molar-refractivity contribution in [3.8, 4) is 0 Å². The first-order chi connectivity index (χ1) is 15.0. The number of piperidine rings is 1. The van der Waals surface area contributed by atoms with E-state index in [9.17, 15) is 9.59 Å². The summed E-state index contributed by atoms with van der Waals surface area (Å²) in [5, 5.41) is 7.70. The molecule has 3 heterocycles. The van der Waals surface area contributed by atoms with Crippen molar-refractivity contribution in [2.24, 2.45) is 0 Å².